The average molecular weight is 350 g/mol. The fourth-order valence-corrected chi connectivity index (χ4v) is 2.39. The molecule has 21 heavy (non-hydrogen) atoms. The molecule has 0 saturated carbocycles. The highest BCUT2D eigenvalue weighted by Crippen LogP contribution is 2.25. The summed E-state index contributed by atoms with van der Waals surface area (Å²) in [5.74, 6) is 1.64. The standard InChI is InChI=1S/C17H20BrNO2/c1-12(13-4-7-15(18)8-5-13)19-11-14-6-9-16(20-2)10-17(14)21-3/h4-10,12,19H,11H2,1-3H3/t12-/m0/s1. The molecule has 2 aromatic rings. The van der Waals surface area contributed by atoms with E-state index in [-0.39, 0.29) is 6.04 Å². The van der Waals surface area contributed by atoms with Gasteiger partial charge in [-0.1, -0.05) is 34.1 Å². The molecular formula is C17H20BrNO2. The Kier molecular flexibility index (Phi) is 5.65. The maximum atomic E-state index is 5.42. The van der Waals surface area contributed by atoms with Crippen LogP contribution in [0.4, 0.5) is 0 Å². The smallest absolute Gasteiger partial charge is 0.127 e. The van der Waals surface area contributed by atoms with E-state index >= 15 is 0 Å². The van der Waals surface area contributed by atoms with Crippen LogP contribution in [0, 0.1) is 0 Å². The van der Waals surface area contributed by atoms with Gasteiger partial charge in [-0.3, -0.25) is 0 Å². The van der Waals surface area contributed by atoms with E-state index in [0.29, 0.717) is 0 Å². The highest BCUT2D eigenvalue weighted by atomic mass is 79.9. The lowest BCUT2D eigenvalue weighted by molar-refractivity contribution is 0.389. The van der Waals surface area contributed by atoms with E-state index in [1.165, 1.54) is 5.56 Å². The molecule has 0 aliphatic carbocycles. The molecule has 0 unspecified atom stereocenters. The number of hydrogen-bond donors (Lipinski definition) is 1. The van der Waals surface area contributed by atoms with Crippen molar-refractivity contribution in [3.63, 3.8) is 0 Å². The van der Waals surface area contributed by atoms with Crippen LogP contribution in [-0.2, 0) is 6.54 Å². The zero-order valence-corrected chi connectivity index (χ0v) is 14.1. The van der Waals surface area contributed by atoms with Crippen LogP contribution < -0.4 is 14.8 Å². The summed E-state index contributed by atoms with van der Waals surface area (Å²) >= 11 is 3.45. The third-order valence-corrected chi connectivity index (χ3v) is 3.99. The van der Waals surface area contributed by atoms with Crippen molar-refractivity contribution in [2.45, 2.75) is 19.5 Å². The zero-order valence-electron chi connectivity index (χ0n) is 12.5. The number of rotatable bonds is 6. The maximum Gasteiger partial charge on any atom is 0.127 e. The molecule has 2 rings (SSSR count). The molecule has 0 heterocycles. The van der Waals surface area contributed by atoms with E-state index in [4.69, 9.17) is 9.47 Å². The summed E-state index contributed by atoms with van der Waals surface area (Å²) in [7, 11) is 3.33. The molecule has 0 aromatic heterocycles. The van der Waals surface area contributed by atoms with E-state index in [1.807, 2.05) is 18.2 Å². The molecule has 0 saturated heterocycles. The maximum absolute atomic E-state index is 5.42. The van der Waals surface area contributed by atoms with Crippen molar-refractivity contribution >= 4 is 15.9 Å². The van der Waals surface area contributed by atoms with Crippen LogP contribution in [0.15, 0.2) is 46.9 Å². The lowest BCUT2D eigenvalue weighted by atomic mass is 10.1. The summed E-state index contributed by atoms with van der Waals surface area (Å²) in [5, 5.41) is 3.51. The van der Waals surface area contributed by atoms with Gasteiger partial charge in [0.25, 0.3) is 0 Å². The first-order valence-electron chi connectivity index (χ1n) is 6.83. The first-order valence-corrected chi connectivity index (χ1v) is 7.63. The molecule has 1 atom stereocenters. The molecular weight excluding hydrogens is 330 g/mol. The van der Waals surface area contributed by atoms with Crippen LogP contribution in [0.5, 0.6) is 11.5 Å². The average Bonchev–Trinajstić information content (AvgIpc) is 2.53. The Morgan fingerprint density at radius 1 is 1.05 bits per heavy atom. The van der Waals surface area contributed by atoms with Crippen LogP contribution in [0.25, 0.3) is 0 Å². The number of methoxy groups -OCH3 is 2. The van der Waals surface area contributed by atoms with Crippen molar-refractivity contribution in [3.05, 3.63) is 58.1 Å². The Balaban J connectivity index is 2.03. The molecule has 0 aliphatic heterocycles. The second-order valence-electron chi connectivity index (χ2n) is 4.83. The van der Waals surface area contributed by atoms with Gasteiger partial charge in [0.1, 0.15) is 11.5 Å². The third-order valence-electron chi connectivity index (χ3n) is 3.46. The third kappa shape index (κ3) is 4.22. The van der Waals surface area contributed by atoms with Crippen molar-refractivity contribution in [1.82, 2.24) is 5.32 Å². The Bertz CT molecular complexity index is 584. The number of nitrogens with one attached hydrogen (secondary N) is 1. The van der Waals surface area contributed by atoms with Gasteiger partial charge in [-0.05, 0) is 30.7 Å². The van der Waals surface area contributed by atoms with Crippen LogP contribution in [0.2, 0.25) is 0 Å². The quantitative estimate of drug-likeness (QED) is 0.842. The molecule has 0 radical (unpaired) electrons. The Labute approximate surface area is 134 Å². The van der Waals surface area contributed by atoms with Crippen LogP contribution in [0.1, 0.15) is 24.1 Å². The van der Waals surface area contributed by atoms with Crippen molar-refractivity contribution in [3.8, 4) is 11.5 Å². The predicted octanol–water partition coefficient (Wildman–Crippen LogP) is 4.32. The number of hydrogen-bond acceptors (Lipinski definition) is 3. The fraction of sp³-hybridized carbons (Fsp3) is 0.294. The normalized spacial score (nSPS) is 12.0. The van der Waals surface area contributed by atoms with Crippen LogP contribution in [-0.4, -0.2) is 14.2 Å². The van der Waals surface area contributed by atoms with E-state index in [2.05, 4.69) is 52.4 Å². The van der Waals surface area contributed by atoms with Gasteiger partial charge in [-0.15, -0.1) is 0 Å². The van der Waals surface area contributed by atoms with E-state index in [0.717, 1.165) is 28.1 Å². The van der Waals surface area contributed by atoms with Gasteiger partial charge in [-0.2, -0.15) is 0 Å². The van der Waals surface area contributed by atoms with Crippen molar-refractivity contribution < 1.29 is 9.47 Å². The van der Waals surface area contributed by atoms with Gasteiger partial charge in [0, 0.05) is 28.7 Å². The van der Waals surface area contributed by atoms with E-state index < -0.39 is 0 Å². The van der Waals surface area contributed by atoms with Gasteiger partial charge in [0.15, 0.2) is 0 Å². The first-order chi connectivity index (χ1) is 10.1. The largest absolute Gasteiger partial charge is 0.497 e. The molecule has 0 fully saturated rings. The molecule has 2 aromatic carbocycles. The Morgan fingerprint density at radius 2 is 1.76 bits per heavy atom. The summed E-state index contributed by atoms with van der Waals surface area (Å²) in [6.07, 6.45) is 0. The number of benzene rings is 2. The minimum Gasteiger partial charge on any atom is -0.497 e. The van der Waals surface area contributed by atoms with Crippen molar-refractivity contribution in [2.75, 3.05) is 14.2 Å². The Hall–Kier alpha value is -1.52. The minimum atomic E-state index is 0.268. The predicted molar refractivity (Wildman–Crippen MR) is 88.9 cm³/mol. The number of halogens is 1. The molecule has 0 spiro atoms. The molecule has 1 N–H and O–H groups in total. The SMILES string of the molecule is COc1ccc(CN[C@@H](C)c2ccc(Br)cc2)c(OC)c1. The lowest BCUT2D eigenvalue weighted by Gasteiger charge is -2.16. The highest BCUT2D eigenvalue weighted by molar-refractivity contribution is 9.10. The molecule has 0 bridgehead atoms. The van der Waals surface area contributed by atoms with Crippen LogP contribution in [0.3, 0.4) is 0 Å². The molecule has 0 amide bonds. The second-order valence-corrected chi connectivity index (χ2v) is 5.75. The summed E-state index contributed by atoms with van der Waals surface area (Å²) in [6.45, 7) is 2.89. The van der Waals surface area contributed by atoms with Crippen LogP contribution >= 0.6 is 15.9 Å². The summed E-state index contributed by atoms with van der Waals surface area (Å²) in [6, 6.07) is 14.5. The van der Waals surface area contributed by atoms with Gasteiger partial charge in [0.05, 0.1) is 14.2 Å². The Morgan fingerprint density at radius 3 is 2.38 bits per heavy atom. The van der Waals surface area contributed by atoms with E-state index in [9.17, 15) is 0 Å². The van der Waals surface area contributed by atoms with Crippen molar-refractivity contribution in [1.29, 1.82) is 0 Å². The molecule has 0 aliphatic rings. The summed E-state index contributed by atoms with van der Waals surface area (Å²) < 4.78 is 11.7. The second kappa shape index (κ2) is 7.48. The highest BCUT2D eigenvalue weighted by Gasteiger charge is 2.08. The van der Waals surface area contributed by atoms with Crippen molar-refractivity contribution in [2.24, 2.45) is 0 Å². The zero-order chi connectivity index (χ0) is 15.2. The summed E-state index contributed by atoms with van der Waals surface area (Å²) in [5.41, 5.74) is 2.37. The van der Waals surface area contributed by atoms with Gasteiger partial charge < -0.3 is 14.8 Å². The minimum absolute atomic E-state index is 0.268. The monoisotopic (exact) mass is 349 g/mol. The topological polar surface area (TPSA) is 30.5 Å². The van der Waals surface area contributed by atoms with Gasteiger partial charge in [-0.25, -0.2) is 0 Å². The first kappa shape index (κ1) is 15.9. The molecule has 3 nitrogen and oxygen atoms in total. The summed E-state index contributed by atoms with van der Waals surface area (Å²) in [4.78, 5) is 0. The van der Waals surface area contributed by atoms with Gasteiger partial charge in [0.2, 0.25) is 0 Å². The molecule has 112 valence electrons. The van der Waals surface area contributed by atoms with E-state index in [1.54, 1.807) is 14.2 Å². The number of ether oxygens (including phenoxy) is 2. The fourth-order valence-electron chi connectivity index (χ4n) is 2.13. The lowest BCUT2D eigenvalue weighted by Crippen LogP contribution is -2.18. The van der Waals surface area contributed by atoms with Gasteiger partial charge >= 0.3 is 0 Å². The molecule has 4 heteroatoms.